The smallest absolute Gasteiger partial charge is 0.334 e. The second-order valence-electron chi connectivity index (χ2n) is 20.4. The lowest BCUT2D eigenvalue weighted by atomic mass is 9.48. The molecule has 8 rings (SSSR count). The molecule has 18 atom stereocenters. The Hall–Kier alpha value is -1.96. The van der Waals surface area contributed by atoms with E-state index in [2.05, 4.69) is 29.4 Å². The number of hydrogen-bond donors (Lipinski definition) is 8. The van der Waals surface area contributed by atoms with Gasteiger partial charge < -0.3 is 56.7 Å². The summed E-state index contributed by atoms with van der Waals surface area (Å²) in [6.45, 7) is 4.78. The van der Waals surface area contributed by atoms with Crippen molar-refractivity contribution in [1.29, 1.82) is 0 Å². The van der Waals surface area contributed by atoms with Gasteiger partial charge in [-0.15, -0.1) is 5.92 Å². The number of nitrogens with one attached hydrogen (secondary N) is 2. The van der Waals surface area contributed by atoms with Gasteiger partial charge in [0.1, 0.15) is 17.5 Å². The van der Waals surface area contributed by atoms with Crippen LogP contribution in [0, 0.1) is 70.5 Å². The molecule has 10 N–H and O–H groups in total. The number of carbonyl (C=O) groups excluding carboxylic acids is 2. The Morgan fingerprint density at radius 1 is 0.983 bits per heavy atom. The van der Waals surface area contributed by atoms with E-state index in [1.54, 1.807) is 0 Å². The Bertz CT molecular complexity index is 1620. The first-order chi connectivity index (χ1) is 28.9. The average Bonchev–Trinajstić information content (AvgIpc) is 3.77. The molecule has 3 saturated carbocycles. The fraction of sp³-hybridized carbons (Fsp3) is 0.872. The summed E-state index contributed by atoms with van der Waals surface area (Å²) in [7, 11) is 0. The molecular weight excluding hydrogens is 765 g/mol. The number of rotatable bonds is 9. The minimum atomic E-state index is -1.15. The molecule has 8 aliphatic rings. The second kappa shape index (κ2) is 18.6. The number of carbonyl (C=O) groups is 2. The number of Topliss-reactive ketones (excluding diaryl/α,β-unsaturated/α-hetero) is 1. The third-order valence-electron chi connectivity index (χ3n) is 17.1. The summed E-state index contributed by atoms with van der Waals surface area (Å²) in [6, 6.07) is 0. The van der Waals surface area contributed by atoms with Crippen LogP contribution in [0.3, 0.4) is 0 Å². The van der Waals surface area contributed by atoms with Gasteiger partial charge in [-0.1, -0.05) is 31.3 Å². The van der Waals surface area contributed by atoms with E-state index in [0.717, 1.165) is 70.8 Å². The van der Waals surface area contributed by atoms with Crippen molar-refractivity contribution in [2.45, 2.75) is 171 Å². The van der Waals surface area contributed by atoms with E-state index in [1.165, 1.54) is 0 Å². The quantitative estimate of drug-likeness (QED) is 0.0953. The van der Waals surface area contributed by atoms with Gasteiger partial charge in [-0.2, -0.15) is 0 Å². The molecule has 0 radical (unpaired) electrons. The van der Waals surface area contributed by atoms with Gasteiger partial charge in [-0.3, -0.25) is 4.79 Å². The molecule has 0 amide bonds. The van der Waals surface area contributed by atoms with Crippen LogP contribution >= 0.6 is 0 Å². The van der Waals surface area contributed by atoms with Crippen LogP contribution in [0.4, 0.5) is 0 Å². The molecule has 4 saturated heterocycles. The maximum absolute atomic E-state index is 14.4. The van der Waals surface area contributed by atoms with Crippen LogP contribution in [0.1, 0.15) is 117 Å². The van der Waals surface area contributed by atoms with Gasteiger partial charge in [0, 0.05) is 36.2 Å². The summed E-state index contributed by atoms with van der Waals surface area (Å²) in [4.78, 5) is 28.8. The number of aliphatic hydroxyl groups is 4. The topological polar surface area (TPSA) is 219 Å². The lowest BCUT2D eigenvalue weighted by molar-refractivity contribution is -0.308. The van der Waals surface area contributed by atoms with E-state index in [1.807, 2.05) is 13.0 Å². The predicted octanol–water partition coefficient (Wildman–Crippen LogP) is 2.65. The normalized spacial score (nSPS) is 47.7. The summed E-state index contributed by atoms with van der Waals surface area (Å²) < 4.78 is 21.4. The highest BCUT2D eigenvalue weighted by atomic mass is 16.6. The van der Waals surface area contributed by atoms with Crippen LogP contribution in [0.25, 0.3) is 0 Å². The lowest BCUT2D eigenvalue weighted by Crippen LogP contribution is -2.72. The molecule has 14 unspecified atom stereocenters. The summed E-state index contributed by atoms with van der Waals surface area (Å²) in [6.07, 6.45) is 8.16. The SMILES string of the molecule is CC=C(C(=O)O[C@H]1CC2C(O)C3C(=O)CC(CO)OC3C3C2O[C@@]1(C)[C@@H](CC1CCC(N)NC1)CC#C[C@](CO)(C1CCCC(O)C1)C3C1CCNC(N)C1)C1CCCC1. The van der Waals surface area contributed by atoms with Gasteiger partial charge >= 0.3 is 5.97 Å². The molecular formula is C47H74N4O9. The number of hydrogen-bond acceptors (Lipinski definition) is 13. The number of esters is 1. The molecule has 0 aromatic rings. The zero-order chi connectivity index (χ0) is 42.3. The van der Waals surface area contributed by atoms with Crippen molar-refractivity contribution in [2.24, 2.45) is 70.1 Å². The second-order valence-corrected chi connectivity index (χ2v) is 20.4. The third-order valence-corrected chi connectivity index (χ3v) is 17.1. The van der Waals surface area contributed by atoms with Gasteiger partial charge in [0.15, 0.2) is 0 Å². The van der Waals surface area contributed by atoms with Gasteiger partial charge in [-0.05, 0) is 127 Å². The maximum Gasteiger partial charge on any atom is 0.334 e. The van der Waals surface area contributed by atoms with E-state index in [4.69, 9.17) is 25.7 Å². The summed E-state index contributed by atoms with van der Waals surface area (Å²) in [5.41, 5.74) is 11.6. The number of ketones is 1. The molecule has 0 spiro atoms. The number of ether oxygens (including phenoxy) is 3. The summed E-state index contributed by atoms with van der Waals surface area (Å²) in [5, 5.41) is 53.4. The molecule has 5 aliphatic heterocycles. The monoisotopic (exact) mass is 839 g/mol. The van der Waals surface area contributed by atoms with Crippen LogP contribution < -0.4 is 22.1 Å². The molecule has 60 heavy (non-hydrogen) atoms. The van der Waals surface area contributed by atoms with Crippen molar-refractivity contribution in [3.63, 3.8) is 0 Å². The molecule has 7 fully saturated rings. The van der Waals surface area contributed by atoms with Crippen LogP contribution in [-0.2, 0) is 23.8 Å². The lowest BCUT2D eigenvalue weighted by Gasteiger charge is -2.63. The molecule has 13 nitrogen and oxygen atoms in total. The molecule has 0 aromatic heterocycles. The summed E-state index contributed by atoms with van der Waals surface area (Å²) in [5.74, 6) is 4.49. The van der Waals surface area contributed by atoms with Crippen molar-refractivity contribution in [3.8, 4) is 11.8 Å². The molecule has 13 heteroatoms. The maximum atomic E-state index is 14.4. The van der Waals surface area contributed by atoms with Crippen molar-refractivity contribution in [3.05, 3.63) is 11.6 Å². The van der Waals surface area contributed by atoms with Crippen molar-refractivity contribution >= 4 is 11.8 Å². The van der Waals surface area contributed by atoms with E-state index in [0.29, 0.717) is 37.8 Å². The van der Waals surface area contributed by atoms with Gasteiger partial charge in [0.2, 0.25) is 0 Å². The number of piperidine rings is 2. The number of nitrogens with two attached hydrogens (primary N) is 2. The van der Waals surface area contributed by atoms with Crippen molar-refractivity contribution < 1.29 is 44.2 Å². The standard InChI is InChI=1S/C47H74N4O9/c1-3-33(27-8-4-5-9-27)45(57)59-36-22-34-42(56)39-35(55)21-32(24-52)58-44(39)40-41(28-15-17-50-38(49)19-28)47(25-53,30-10-6-12-31(54)20-30)16-7-11-29(46(36,2)60-43(34)40)18-26-13-14-37(48)51-23-26/h3,26-32,34,36-44,50-54,56H,4-6,8-15,17-25,48-49H2,1-2H3/t26?,28?,29-,30?,31?,32?,34?,36+,37?,38?,39?,40?,41?,42?,43?,44?,46+,47+/m1/s1. The van der Waals surface area contributed by atoms with Gasteiger partial charge in [0.25, 0.3) is 0 Å². The molecule has 336 valence electrons. The number of aliphatic hydroxyl groups excluding tert-OH is 4. The van der Waals surface area contributed by atoms with Crippen molar-refractivity contribution in [1.82, 2.24) is 10.6 Å². The Balaban J connectivity index is 1.31. The number of fused-ring (bicyclic) bond motifs is 3. The largest absolute Gasteiger partial charge is 0.456 e. The minimum Gasteiger partial charge on any atom is -0.456 e. The zero-order valence-electron chi connectivity index (χ0n) is 36.0. The van der Waals surface area contributed by atoms with E-state index < -0.39 is 71.3 Å². The molecule has 5 heterocycles. The molecule has 0 aromatic carbocycles. The predicted molar refractivity (Wildman–Crippen MR) is 224 cm³/mol. The highest BCUT2D eigenvalue weighted by Crippen LogP contribution is 2.60. The van der Waals surface area contributed by atoms with E-state index in [-0.39, 0.29) is 79.7 Å². The van der Waals surface area contributed by atoms with Crippen molar-refractivity contribution in [2.75, 3.05) is 26.3 Å². The van der Waals surface area contributed by atoms with Crippen LogP contribution in [-0.4, -0.2) is 113 Å². The van der Waals surface area contributed by atoms with E-state index >= 15 is 0 Å². The Labute approximate surface area is 356 Å². The Morgan fingerprint density at radius 3 is 2.47 bits per heavy atom. The first-order valence-electron chi connectivity index (χ1n) is 23.7. The fourth-order valence-electron chi connectivity index (χ4n) is 14.0. The van der Waals surface area contributed by atoms with E-state index in [9.17, 15) is 30.0 Å². The van der Waals surface area contributed by atoms with Gasteiger partial charge in [-0.25, -0.2) is 4.79 Å². The Morgan fingerprint density at radius 2 is 1.78 bits per heavy atom. The fourth-order valence-corrected chi connectivity index (χ4v) is 14.0. The van der Waals surface area contributed by atoms with Crippen LogP contribution in [0.15, 0.2) is 11.6 Å². The van der Waals surface area contributed by atoms with Gasteiger partial charge in [0.05, 0.1) is 67.4 Å². The van der Waals surface area contributed by atoms with Crippen LogP contribution in [0.2, 0.25) is 0 Å². The highest BCUT2D eigenvalue weighted by Gasteiger charge is 2.67. The minimum absolute atomic E-state index is 0.0221. The first-order valence-corrected chi connectivity index (χ1v) is 23.7. The highest BCUT2D eigenvalue weighted by molar-refractivity contribution is 5.89. The number of allylic oxidation sites excluding steroid dienone is 1. The zero-order valence-corrected chi connectivity index (χ0v) is 36.0. The molecule has 2 bridgehead atoms. The Kier molecular flexibility index (Phi) is 13.9. The average molecular weight is 839 g/mol. The van der Waals surface area contributed by atoms with Crippen LogP contribution in [0.5, 0.6) is 0 Å². The third kappa shape index (κ3) is 8.41. The summed E-state index contributed by atoms with van der Waals surface area (Å²) >= 11 is 0. The molecule has 3 aliphatic carbocycles. The first kappa shape index (κ1) is 44.6.